The third-order valence-corrected chi connectivity index (χ3v) is 4.13. The Morgan fingerprint density at radius 1 is 1.07 bits per heavy atom. The van der Waals surface area contributed by atoms with Gasteiger partial charge in [-0.3, -0.25) is 4.79 Å². The lowest BCUT2D eigenvalue weighted by atomic mass is 10.1. The summed E-state index contributed by atoms with van der Waals surface area (Å²) >= 11 is 0. The molecule has 0 heterocycles. The van der Waals surface area contributed by atoms with Crippen molar-refractivity contribution in [2.75, 3.05) is 20.3 Å². The van der Waals surface area contributed by atoms with Gasteiger partial charge in [-0.25, -0.2) is 4.79 Å². The quantitative estimate of drug-likeness (QED) is 0.645. The maximum absolute atomic E-state index is 12.3. The Morgan fingerprint density at radius 2 is 1.83 bits per heavy atom. The predicted molar refractivity (Wildman–Crippen MR) is 103 cm³/mol. The van der Waals surface area contributed by atoms with E-state index in [1.165, 1.54) is 13.2 Å². The fourth-order valence-electron chi connectivity index (χ4n) is 2.62. The average molecular weight is 407 g/mol. The Kier molecular flexibility index (Phi) is 7.94. The van der Waals surface area contributed by atoms with Crippen LogP contribution in [0.4, 0.5) is 8.78 Å². The molecule has 8 heteroatoms. The first-order valence-corrected chi connectivity index (χ1v) is 8.93. The van der Waals surface area contributed by atoms with Crippen LogP contribution in [0.25, 0.3) is 0 Å². The van der Waals surface area contributed by atoms with E-state index < -0.39 is 25.1 Å². The molecule has 2 aromatic carbocycles. The molecule has 2 rings (SSSR count). The van der Waals surface area contributed by atoms with Crippen molar-refractivity contribution in [3.8, 4) is 11.5 Å². The zero-order valence-electron chi connectivity index (χ0n) is 16.5. The van der Waals surface area contributed by atoms with Gasteiger partial charge in [-0.2, -0.15) is 8.78 Å². The third kappa shape index (κ3) is 6.74. The lowest BCUT2D eigenvalue weighted by Gasteiger charge is -2.12. The molecule has 0 aliphatic rings. The highest BCUT2D eigenvalue weighted by Crippen LogP contribution is 2.29. The van der Waals surface area contributed by atoms with Crippen molar-refractivity contribution in [2.24, 2.45) is 0 Å². The normalized spacial score (nSPS) is 10.6. The van der Waals surface area contributed by atoms with Crippen molar-refractivity contribution in [3.63, 3.8) is 0 Å². The molecule has 0 saturated carbocycles. The SMILES string of the molecule is COc1cc(CCNC(=O)COC(=O)c2cc(C)ccc2C)ccc1OC(F)F. The number of alkyl halides is 2. The Balaban J connectivity index is 1.81. The second kappa shape index (κ2) is 10.4. The lowest BCUT2D eigenvalue weighted by Crippen LogP contribution is -2.30. The highest BCUT2D eigenvalue weighted by atomic mass is 19.3. The van der Waals surface area contributed by atoms with E-state index in [0.29, 0.717) is 12.0 Å². The van der Waals surface area contributed by atoms with E-state index in [1.807, 2.05) is 19.1 Å². The van der Waals surface area contributed by atoms with Crippen LogP contribution in [-0.2, 0) is 16.0 Å². The first kappa shape index (κ1) is 22.1. The fourth-order valence-corrected chi connectivity index (χ4v) is 2.62. The molecule has 2 aromatic rings. The number of halogens is 2. The van der Waals surface area contributed by atoms with E-state index in [-0.39, 0.29) is 18.0 Å². The largest absolute Gasteiger partial charge is 0.493 e. The van der Waals surface area contributed by atoms with Crippen molar-refractivity contribution in [1.82, 2.24) is 5.32 Å². The number of esters is 1. The molecule has 0 bridgehead atoms. The molecule has 156 valence electrons. The van der Waals surface area contributed by atoms with E-state index in [9.17, 15) is 18.4 Å². The number of aryl methyl sites for hydroxylation is 2. The summed E-state index contributed by atoms with van der Waals surface area (Å²) in [6.45, 7) is 0.598. The van der Waals surface area contributed by atoms with Crippen LogP contribution < -0.4 is 14.8 Å². The van der Waals surface area contributed by atoms with Gasteiger partial charge in [0.15, 0.2) is 18.1 Å². The number of benzene rings is 2. The van der Waals surface area contributed by atoms with Crippen molar-refractivity contribution < 1.29 is 32.6 Å². The van der Waals surface area contributed by atoms with Crippen LogP contribution in [0.5, 0.6) is 11.5 Å². The summed E-state index contributed by atoms with van der Waals surface area (Å²) in [6, 6.07) is 9.97. The molecule has 0 aliphatic heterocycles. The van der Waals surface area contributed by atoms with Crippen LogP contribution in [0, 0.1) is 13.8 Å². The summed E-state index contributed by atoms with van der Waals surface area (Å²) in [4.78, 5) is 24.0. The van der Waals surface area contributed by atoms with Crippen LogP contribution in [0.2, 0.25) is 0 Å². The Morgan fingerprint density at radius 3 is 2.52 bits per heavy atom. The van der Waals surface area contributed by atoms with Crippen LogP contribution in [0.15, 0.2) is 36.4 Å². The zero-order valence-corrected chi connectivity index (χ0v) is 16.5. The van der Waals surface area contributed by atoms with Crippen LogP contribution >= 0.6 is 0 Å². The van der Waals surface area contributed by atoms with Crippen LogP contribution in [-0.4, -0.2) is 38.7 Å². The van der Waals surface area contributed by atoms with Crippen molar-refractivity contribution in [1.29, 1.82) is 0 Å². The van der Waals surface area contributed by atoms with Gasteiger partial charge in [-0.05, 0) is 49.6 Å². The van der Waals surface area contributed by atoms with Gasteiger partial charge in [0.1, 0.15) is 0 Å². The fraction of sp³-hybridized carbons (Fsp3) is 0.333. The van der Waals surface area contributed by atoms with Crippen LogP contribution in [0.3, 0.4) is 0 Å². The minimum atomic E-state index is -2.94. The van der Waals surface area contributed by atoms with Gasteiger partial charge in [0.25, 0.3) is 5.91 Å². The third-order valence-electron chi connectivity index (χ3n) is 4.13. The van der Waals surface area contributed by atoms with E-state index in [4.69, 9.17) is 9.47 Å². The van der Waals surface area contributed by atoms with E-state index in [0.717, 1.165) is 16.7 Å². The summed E-state index contributed by atoms with van der Waals surface area (Å²) < 4.78 is 39.2. The molecule has 0 spiro atoms. The van der Waals surface area contributed by atoms with Gasteiger partial charge in [-0.1, -0.05) is 23.8 Å². The molecule has 0 atom stereocenters. The molecule has 0 saturated heterocycles. The standard InChI is InChI=1S/C21H23F2NO5/c1-13-4-5-14(2)16(10-13)20(26)28-12-19(25)24-9-8-15-6-7-17(29-21(22)23)18(11-15)27-3/h4-7,10-11,21H,8-9,12H2,1-3H3,(H,24,25). The second-order valence-corrected chi connectivity index (χ2v) is 6.36. The van der Waals surface area contributed by atoms with Gasteiger partial charge < -0.3 is 19.5 Å². The number of hydrogen-bond acceptors (Lipinski definition) is 5. The molecule has 6 nitrogen and oxygen atoms in total. The molecule has 1 N–H and O–H groups in total. The number of nitrogens with one attached hydrogen (secondary N) is 1. The lowest BCUT2D eigenvalue weighted by molar-refractivity contribution is -0.124. The first-order valence-electron chi connectivity index (χ1n) is 8.93. The molecular weight excluding hydrogens is 384 g/mol. The van der Waals surface area contributed by atoms with Gasteiger partial charge in [0.2, 0.25) is 0 Å². The molecule has 0 aliphatic carbocycles. The Hall–Kier alpha value is -3.16. The highest BCUT2D eigenvalue weighted by molar-refractivity contribution is 5.92. The number of hydrogen-bond donors (Lipinski definition) is 1. The Labute approximate surface area is 167 Å². The van der Waals surface area contributed by atoms with Gasteiger partial charge in [0.05, 0.1) is 12.7 Å². The molecule has 0 radical (unpaired) electrons. The van der Waals surface area contributed by atoms with Gasteiger partial charge in [0, 0.05) is 6.54 Å². The zero-order chi connectivity index (χ0) is 21.4. The predicted octanol–water partition coefficient (Wildman–Crippen LogP) is 3.43. The molecule has 1 amide bonds. The average Bonchev–Trinajstić information content (AvgIpc) is 2.68. The van der Waals surface area contributed by atoms with Crippen molar-refractivity contribution >= 4 is 11.9 Å². The Bertz CT molecular complexity index is 870. The van der Waals surface area contributed by atoms with Gasteiger partial charge in [-0.15, -0.1) is 0 Å². The molecule has 0 fully saturated rings. The van der Waals surface area contributed by atoms with E-state index in [1.54, 1.807) is 25.1 Å². The van der Waals surface area contributed by atoms with Crippen LogP contribution in [0.1, 0.15) is 27.0 Å². The summed E-state index contributed by atoms with van der Waals surface area (Å²) in [5.41, 5.74) is 2.88. The van der Waals surface area contributed by atoms with E-state index >= 15 is 0 Å². The molecule has 29 heavy (non-hydrogen) atoms. The minimum absolute atomic E-state index is 0.0614. The monoisotopic (exact) mass is 407 g/mol. The highest BCUT2D eigenvalue weighted by Gasteiger charge is 2.14. The number of rotatable bonds is 9. The first-order chi connectivity index (χ1) is 13.8. The maximum Gasteiger partial charge on any atom is 0.387 e. The number of carbonyl (C=O) groups is 2. The van der Waals surface area contributed by atoms with Gasteiger partial charge >= 0.3 is 12.6 Å². The number of ether oxygens (including phenoxy) is 3. The molecule has 0 unspecified atom stereocenters. The molecule has 0 aromatic heterocycles. The van der Waals surface area contributed by atoms with Crippen molar-refractivity contribution in [2.45, 2.75) is 26.9 Å². The van der Waals surface area contributed by atoms with Crippen molar-refractivity contribution in [3.05, 3.63) is 58.7 Å². The summed E-state index contributed by atoms with van der Waals surface area (Å²) in [5, 5.41) is 2.64. The topological polar surface area (TPSA) is 73.9 Å². The second-order valence-electron chi connectivity index (χ2n) is 6.36. The number of carbonyl (C=O) groups excluding carboxylic acids is 2. The maximum atomic E-state index is 12.3. The summed E-state index contributed by atoms with van der Waals surface area (Å²) in [6.07, 6.45) is 0.433. The number of methoxy groups -OCH3 is 1. The number of amides is 1. The summed E-state index contributed by atoms with van der Waals surface area (Å²) in [5.74, 6) is -0.876. The smallest absolute Gasteiger partial charge is 0.387 e. The minimum Gasteiger partial charge on any atom is -0.493 e. The molecular formula is C21H23F2NO5. The summed E-state index contributed by atoms with van der Waals surface area (Å²) in [7, 11) is 1.35. The van der Waals surface area contributed by atoms with E-state index in [2.05, 4.69) is 10.1 Å².